The lowest BCUT2D eigenvalue weighted by Crippen LogP contribution is -2.25. The third-order valence-electron chi connectivity index (χ3n) is 4.10. The number of nitrogens with zero attached hydrogens (tertiary/aromatic N) is 5. The average molecular weight is 335 g/mol. The normalized spacial score (nSPS) is 16.3. The zero-order chi connectivity index (χ0) is 17.4. The van der Waals surface area contributed by atoms with Gasteiger partial charge in [0.15, 0.2) is 12.0 Å². The lowest BCUT2D eigenvalue weighted by atomic mass is 10.1. The highest BCUT2D eigenvalue weighted by atomic mass is 16.5. The summed E-state index contributed by atoms with van der Waals surface area (Å²) in [4.78, 5) is 11.3. The van der Waals surface area contributed by atoms with Crippen LogP contribution in [-0.4, -0.2) is 33.5 Å². The molecule has 3 aromatic rings. The fraction of sp³-hybridized carbons (Fsp3) is 0.222. The van der Waals surface area contributed by atoms with E-state index in [9.17, 15) is 0 Å². The Bertz CT molecular complexity index is 956. The molecule has 1 aliphatic rings. The van der Waals surface area contributed by atoms with Gasteiger partial charge in [0.05, 0.1) is 24.7 Å². The lowest BCUT2D eigenvalue weighted by Gasteiger charge is -2.20. The molecule has 1 aromatic carbocycles. The van der Waals surface area contributed by atoms with Gasteiger partial charge in [-0.05, 0) is 38.1 Å². The van der Waals surface area contributed by atoms with Crippen molar-refractivity contribution >= 4 is 16.9 Å². The Labute approximate surface area is 144 Å². The van der Waals surface area contributed by atoms with Crippen molar-refractivity contribution in [3.8, 4) is 17.0 Å². The van der Waals surface area contributed by atoms with Gasteiger partial charge in [-0.3, -0.25) is 4.90 Å². The average Bonchev–Trinajstić information content (AvgIpc) is 3.07. The van der Waals surface area contributed by atoms with Crippen molar-refractivity contribution in [2.75, 3.05) is 12.0 Å². The molecule has 2 aromatic heterocycles. The van der Waals surface area contributed by atoms with Crippen LogP contribution in [0.1, 0.15) is 12.6 Å². The van der Waals surface area contributed by atoms with Gasteiger partial charge >= 0.3 is 0 Å². The smallest absolute Gasteiger partial charge is 0.173 e. The molecule has 0 amide bonds. The second-order valence-corrected chi connectivity index (χ2v) is 5.73. The van der Waals surface area contributed by atoms with E-state index in [1.807, 2.05) is 49.2 Å². The van der Waals surface area contributed by atoms with Crippen LogP contribution in [0.5, 0.6) is 5.75 Å². The largest absolute Gasteiger partial charge is 0.494 e. The lowest BCUT2D eigenvalue weighted by molar-refractivity contribution is 0.189. The number of hydrogen-bond acceptors (Lipinski definition) is 7. The minimum Gasteiger partial charge on any atom is -0.494 e. The first kappa shape index (κ1) is 15.3. The molecule has 25 heavy (non-hydrogen) atoms. The first-order valence-corrected chi connectivity index (χ1v) is 7.92. The minimum atomic E-state index is -0.121. The van der Waals surface area contributed by atoms with Gasteiger partial charge in [-0.15, -0.1) is 0 Å². The third-order valence-corrected chi connectivity index (χ3v) is 4.10. The number of anilines is 1. The molecule has 0 saturated carbocycles. The number of benzene rings is 1. The molecule has 1 aliphatic heterocycles. The molecular weight excluding hydrogens is 318 g/mol. The quantitative estimate of drug-likeness (QED) is 0.728. The van der Waals surface area contributed by atoms with Gasteiger partial charge in [-0.25, -0.2) is 9.97 Å². The van der Waals surface area contributed by atoms with Crippen LogP contribution in [0, 0.1) is 6.92 Å². The zero-order valence-electron chi connectivity index (χ0n) is 14.2. The van der Waals surface area contributed by atoms with Crippen molar-refractivity contribution in [1.82, 2.24) is 20.2 Å². The SMILES string of the molecule is COc1ccc(-c2ccc(C)nn2)c2ncc(N3C=COC3C)nc12. The zero-order valence-corrected chi connectivity index (χ0v) is 14.2. The Morgan fingerprint density at radius 3 is 2.68 bits per heavy atom. The van der Waals surface area contributed by atoms with Crippen LogP contribution in [0.4, 0.5) is 5.82 Å². The first-order valence-electron chi connectivity index (χ1n) is 7.92. The van der Waals surface area contributed by atoms with E-state index in [1.165, 1.54) is 0 Å². The molecule has 0 bridgehead atoms. The van der Waals surface area contributed by atoms with E-state index in [0.717, 1.165) is 22.5 Å². The highest BCUT2D eigenvalue weighted by Crippen LogP contribution is 2.33. The predicted molar refractivity (Wildman–Crippen MR) is 94.0 cm³/mol. The van der Waals surface area contributed by atoms with Crippen molar-refractivity contribution in [3.63, 3.8) is 0 Å². The second-order valence-electron chi connectivity index (χ2n) is 5.73. The van der Waals surface area contributed by atoms with E-state index in [-0.39, 0.29) is 6.23 Å². The van der Waals surface area contributed by atoms with Crippen molar-refractivity contribution in [2.24, 2.45) is 0 Å². The van der Waals surface area contributed by atoms with Gasteiger partial charge in [0, 0.05) is 11.8 Å². The summed E-state index contributed by atoms with van der Waals surface area (Å²) in [6.45, 7) is 3.85. The maximum atomic E-state index is 5.48. The third kappa shape index (κ3) is 2.63. The van der Waals surface area contributed by atoms with Crippen LogP contribution in [0.15, 0.2) is 42.9 Å². The minimum absolute atomic E-state index is 0.121. The molecule has 0 saturated heterocycles. The summed E-state index contributed by atoms with van der Waals surface area (Å²) in [6, 6.07) is 7.65. The molecule has 0 radical (unpaired) electrons. The first-order chi connectivity index (χ1) is 12.2. The van der Waals surface area contributed by atoms with E-state index < -0.39 is 0 Å². The molecule has 7 nitrogen and oxygen atoms in total. The molecule has 3 heterocycles. The summed E-state index contributed by atoms with van der Waals surface area (Å²) in [5.41, 5.74) is 3.87. The fourth-order valence-corrected chi connectivity index (χ4v) is 2.77. The van der Waals surface area contributed by atoms with Crippen molar-refractivity contribution in [1.29, 1.82) is 0 Å². The van der Waals surface area contributed by atoms with Crippen LogP contribution >= 0.6 is 0 Å². The van der Waals surface area contributed by atoms with Gasteiger partial charge < -0.3 is 9.47 Å². The number of aromatic nitrogens is 4. The Morgan fingerprint density at radius 2 is 2.00 bits per heavy atom. The number of ether oxygens (including phenoxy) is 2. The summed E-state index contributed by atoms with van der Waals surface area (Å²) >= 11 is 0. The van der Waals surface area contributed by atoms with E-state index >= 15 is 0 Å². The van der Waals surface area contributed by atoms with Crippen molar-refractivity contribution < 1.29 is 9.47 Å². The molecule has 0 fully saturated rings. The predicted octanol–water partition coefficient (Wildman–Crippen LogP) is 3.06. The molecule has 1 atom stereocenters. The molecular formula is C18H17N5O2. The maximum absolute atomic E-state index is 5.48. The van der Waals surface area contributed by atoms with Gasteiger partial charge in [0.2, 0.25) is 0 Å². The Balaban J connectivity index is 1.89. The number of rotatable bonds is 3. The van der Waals surface area contributed by atoms with Crippen LogP contribution < -0.4 is 9.64 Å². The van der Waals surface area contributed by atoms with Crippen LogP contribution in [0.2, 0.25) is 0 Å². The monoisotopic (exact) mass is 335 g/mol. The number of hydrogen-bond donors (Lipinski definition) is 0. The Hall–Kier alpha value is -3.22. The van der Waals surface area contributed by atoms with E-state index in [0.29, 0.717) is 17.1 Å². The maximum Gasteiger partial charge on any atom is 0.173 e. The summed E-state index contributed by atoms with van der Waals surface area (Å²) in [5, 5.41) is 8.40. The topological polar surface area (TPSA) is 73.3 Å². The molecule has 126 valence electrons. The fourth-order valence-electron chi connectivity index (χ4n) is 2.77. The van der Waals surface area contributed by atoms with Gasteiger partial charge in [-0.2, -0.15) is 10.2 Å². The summed E-state index contributed by atoms with van der Waals surface area (Å²) in [6.07, 6.45) is 5.08. The van der Waals surface area contributed by atoms with E-state index in [2.05, 4.69) is 15.2 Å². The number of methoxy groups -OCH3 is 1. The summed E-state index contributed by atoms with van der Waals surface area (Å²) < 4.78 is 10.9. The summed E-state index contributed by atoms with van der Waals surface area (Å²) in [5.74, 6) is 1.35. The van der Waals surface area contributed by atoms with Gasteiger partial charge in [0.25, 0.3) is 0 Å². The van der Waals surface area contributed by atoms with Crippen LogP contribution in [-0.2, 0) is 4.74 Å². The molecule has 4 rings (SSSR count). The molecule has 0 spiro atoms. The highest BCUT2D eigenvalue weighted by molar-refractivity contribution is 5.94. The molecule has 0 N–H and O–H groups in total. The van der Waals surface area contributed by atoms with Crippen LogP contribution in [0.3, 0.4) is 0 Å². The van der Waals surface area contributed by atoms with Gasteiger partial charge in [0.1, 0.15) is 23.0 Å². The van der Waals surface area contributed by atoms with E-state index in [1.54, 1.807) is 19.6 Å². The number of fused-ring (bicyclic) bond motifs is 1. The Morgan fingerprint density at radius 1 is 1.12 bits per heavy atom. The molecule has 1 unspecified atom stereocenters. The van der Waals surface area contributed by atoms with E-state index in [4.69, 9.17) is 14.5 Å². The van der Waals surface area contributed by atoms with Crippen molar-refractivity contribution in [3.05, 3.63) is 48.6 Å². The standard InChI is InChI=1S/C18H17N5O2/c1-11-4-6-14(22-21-11)13-5-7-15(24-3)18-17(13)19-10-16(20-18)23-8-9-25-12(23)2/h4-10,12H,1-3H3. The highest BCUT2D eigenvalue weighted by Gasteiger charge is 2.21. The summed E-state index contributed by atoms with van der Waals surface area (Å²) in [7, 11) is 1.62. The van der Waals surface area contributed by atoms with Crippen molar-refractivity contribution in [2.45, 2.75) is 20.1 Å². The Kier molecular flexibility index (Phi) is 3.68. The number of aryl methyl sites for hydroxylation is 1. The molecule has 0 aliphatic carbocycles. The van der Waals surface area contributed by atoms with Gasteiger partial charge in [-0.1, -0.05) is 0 Å². The van der Waals surface area contributed by atoms with Crippen LogP contribution in [0.25, 0.3) is 22.3 Å². The molecule has 7 heteroatoms. The second kappa shape index (κ2) is 6.01.